The van der Waals surface area contributed by atoms with Crippen molar-refractivity contribution in [2.24, 2.45) is 0 Å². The zero-order valence-corrected chi connectivity index (χ0v) is 24.0. The summed E-state index contributed by atoms with van der Waals surface area (Å²) in [5.74, 6) is 0.0334. The number of benzene rings is 1. The SMILES string of the molecule is Cl.Cl.Cl.Cl.O=C(NCCN1CCNCC1)c1ccc(NC2CCCCC2)c(NC2CCCCC2)c1. The topological polar surface area (TPSA) is 68.4 Å². The number of carbonyl (C=O) groups is 1. The maximum Gasteiger partial charge on any atom is 0.251 e. The summed E-state index contributed by atoms with van der Waals surface area (Å²) >= 11 is 0. The predicted octanol–water partition coefficient (Wildman–Crippen LogP) is 5.50. The van der Waals surface area contributed by atoms with Gasteiger partial charge in [0.15, 0.2) is 0 Å². The Morgan fingerprint density at radius 3 is 1.91 bits per heavy atom. The molecule has 2 aliphatic carbocycles. The predicted molar refractivity (Wildman–Crippen MR) is 158 cm³/mol. The lowest BCUT2D eigenvalue weighted by atomic mass is 9.94. The highest BCUT2D eigenvalue weighted by Crippen LogP contribution is 2.30. The summed E-state index contributed by atoms with van der Waals surface area (Å²) < 4.78 is 0. The van der Waals surface area contributed by atoms with Crippen LogP contribution < -0.4 is 21.3 Å². The molecule has 35 heavy (non-hydrogen) atoms. The van der Waals surface area contributed by atoms with Crippen LogP contribution in [0.4, 0.5) is 11.4 Å². The molecule has 1 saturated heterocycles. The number of anilines is 2. The molecule has 0 spiro atoms. The number of carbonyl (C=O) groups excluding carboxylic acids is 1. The number of hydrogen-bond donors (Lipinski definition) is 4. The van der Waals surface area contributed by atoms with Gasteiger partial charge in [-0.3, -0.25) is 9.69 Å². The monoisotopic (exact) mass is 571 g/mol. The van der Waals surface area contributed by atoms with Crippen LogP contribution in [0.5, 0.6) is 0 Å². The minimum atomic E-state index is 0. The molecular weight excluding hydrogens is 528 g/mol. The highest BCUT2D eigenvalue weighted by Gasteiger charge is 2.19. The van der Waals surface area contributed by atoms with E-state index in [1.165, 1.54) is 64.2 Å². The summed E-state index contributed by atoms with van der Waals surface area (Å²) in [6.07, 6.45) is 12.9. The van der Waals surface area contributed by atoms with Crippen molar-refractivity contribution in [3.05, 3.63) is 23.8 Å². The number of hydrogen-bond acceptors (Lipinski definition) is 5. The first-order valence-corrected chi connectivity index (χ1v) is 12.7. The van der Waals surface area contributed by atoms with Crippen molar-refractivity contribution in [1.82, 2.24) is 15.5 Å². The van der Waals surface area contributed by atoms with Crippen LogP contribution in [0.3, 0.4) is 0 Å². The van der Waals surface area contributed by atoms with Crippen molar-refractivity contribution >= 4 is 66.9 Å². The molecule has 1 aromatic carbocycles. The fraction of sp³-hybridized carbons (Fsp3) is 0.720. The molecule has 2 saturated carbocycles. The van der Waals surface area contributed by atoms with Crippen molar-refractivity contribution in [1.29, 1.82) is 0 Å². The number of piperazine rings is 1. The molecule has 0 atom stereocenters. The normalized spacial score (nSPS) is 19.1. The first-order chi connectivity index (χ1) is 15.3. The Labute approximate surface area is 236 Å². The Hall–Kier alpha value is -0.630. The number of nitrogens with zero attached hydrogens (tertiary/aromatic N) is 1. The van der Waals surface area contributed by atoms with Crippen LogP contribution in [-0.2, 0) is 0 Å². The van der Waals surface area contributed by atoms with Crippen LogP contribution in [0.25, 0.3) is 0 Å². The first kappa shape index (κ1) is 34.4. The fourth-order valence-corrected chi connectivity index (χ4v) is 5.23. The zero-order chi connectivity index (χ0) is 21.3. The molecule has 204 valence electrons. The summed E-state index contributed by atoms with van der Waals surface area (Å²) in [4.78, 5) is 15.2. The van der Waals surface area contributed by atoms with Gasteiger partial charge in [-0.1, -0.05) is 38.5 Å². The van der Waals surface area contributed by atoms with Crippen LogP contribution in [0.2, 0.25) is 0 Å². The van der Waals surface area contributed by atoms with E-state index in [0.29, 0.717) is 18.6 Å². The van der Waals surface area contributed by atoms with Crippen molar-refractivity contribution in [2.75, 3.05) is 49.9 Å². The Bertz CT molecular complexity index is 709. The molecule has 0 bridgehead atoms. The second-order valence-corrected chi connectivity index (χ2v) is 9.57. The van der Waals surface area contributed by atoms with Gasteiger partial charge in [-0.15, -0.1) is 49.6 Å². The van der Waals surface area contributed by atoms with E-state index in [9.17, 15) is 4.79 Å². The number of halogens is 4. The van der Waals surface area contributed by atoms with E-state index in [1.54, 1.807) is 0 Å². The smallest absolute Gasteiger partial charge is 0.251 e. The third-order valence-electron chi connectivity index (χ3n) is 7.13. The van der Waals surface area contributed by atoms with Gasteiger partial charge in [0.2, 0.25) is 0 Å². The zero-order valence-electron chi connectivity index (χ0n) is 20.7. The van der Waals surface area contributed by atoms with Crippen molar-refractivity contribution in [3.8, 4) is 0 Å². The largest absolute Gasteiger partial charge is 0.381 e. The van der Waals surface area contributed by atoms with Crippen molar-refractivity contribution < 1.29 is 4.79 Å². The highest BCUT2D eigenvalue weighted by atomic mass is 35.5. The summed E-state index contributed by atoms with van der Waals surface area (Å²) in [6, 6.07) is 7.24. The van der Waals surface area contributed by atoms with Gasteiger partial charge in [-0.05, 0) is 43.9 Å². The first-order valence-electron chi connectivity index (χ1n) is 12.7. The molecule has 4 rings (SSSR count). The highest BCUT2D eigenvalue weighted by molar-refractivity contribution is 5.96. The molecule has 3 aliphatic rings. The second kappa shape index (κ2) is 18.6. The summed E-state index contributed by atoms with van der Waals surface area (Å²) in [6.45, 7) is 5.83. The number of rotatable bonds is 8. The van der Waals surface area contributed by atoms with Gasteiger partial charge < -0.3 is 21.3 Å². The van der Waals surface area contributed by atoms with E-state index >= 15 is 0 Å². The summed E-state index contributed by atoms with van der Waals surface area (Å²) in [7, 11) is 0. The maximum atomic E-state index is 12.8. The maximum absolute atomic E-state index is 12.8. The molecular formula is C25H45Cl4N5O. The van der Waals surface area contributed by atoms with Gasteiger partial charge in [-0.25, -0.2) is 0 Å². The lowest BCUT2D eigenvalue weighted by molar-refractivity contribution is 0.0947. The van der Waals surface area contributed by atoms with E-state index in [2.05, 4.69) is 38.3 Å². The molecule has 10 heteroatoms. The van der Waals surface area contributed by atoms with Gasteiger partial charge in [0.1, 0.15) is 0 Å². The molecule has 4 N–H and O–H groups in total. The fourth-order valence-electron chi connectivity index (χ4n) is 5.23. The van der Waals surface area contributed by atoms with Crippen LogP contribution in [0, 0.1) is 0 Å². The average Bonchev–Trinajstić information content (AvgIpc) is 2.82. The molecule has 0 aromatic heterocycles. The minimum absolute atomic E-state index is 0. The van der Waals surface area contributed by atoms with Crippen molar-refractivity contribution in [2.45, 2.75) is 76.3 Å². The van der Waals surface area contributed by atoms with Gasteiger partial charge >= 0.3 is 0 Å². The Morgan fingerprint density at radius 1 is 0.800 bits per heavy atom. The van der Waals surface area contributed by atoms with E-state index in [0.717, 1.165) is 49.7 Å². The Kier molecular flexibility index (Phi) is 18.3. The molecule has 0 unspecified atom stereocenters. The Morgan fingerprint density at radius 2 is 1.34 bits per heavy atom. The van der Waals surface area contributed by atoms with Gasteiger partial charge in [0, 0.05) is 56.9 Å². The third kappa shape index (κ3) is 11.1. The lowest BCUT2D eigenvalue weighted by Gasteiger charge is -2.29. The average molecular weight is 573 g/mol. The molecule has 3 fully saturated rings. The lowest BCUT2D eigenvalue weighted by Crippen LogP contribution is -2.46. The second-order valence-electron chi connectivity index (χ2n) is 9.57. The minimum Gasteiger partial charge on any atom is -0.381 e. The van der Waals surface area contributed by atoms with E-state index < -0.39 is 0 Å². The van der Waals surface area contributed by atoms with Crippen LogP contribution in [0.1, 0.15) is 74.6 Å². The summed E-state index contributed by atoms with van der Waals surface area (Å²) in [5, 5.41) is 14.1. The van der Waals surface area contributed by atoms with Gasteiger partial charge in [-0.2, -0.15) is 0 Å². The quantitative estimate of drug-likeness (QED) is 0.331. The van der Waals surface area contributed by atoms with E-state index in [-0.39, 0.29) is 55.5 Å². The molecule has 0 radical (unpaired) electrons. The molecule has 1 heterocycles. The standard InChI is InChI=1S/C25H41N5O.4ClH/c31-25(27-15-18-30-16-13-26-14-17-30)20-11-12-23(28-21-7-3-1-4-8-21)24(19-20)29-22-9-5-2-6-10-22;;;;/h11-12,19,21-22,26,28-29H,1-10,13-18H2,(H,27,31);4*1H. The molecule has 6 nitrogen and oxygen atoms in total. The van der Waals surface area contributed by atoms with Gasteiger partial charge in [0.05, 0.1) is 11.4 Å². The van der Waals surface area contributed by atoms with Crippen LogP contribution in [0.15, 0.2) is 18.2 Å². The Balaban J connectivity index is 0.00000289. The van der Waals surface area contributed by atoms with Crippen LogP contribution >= 0.6 is 49.6 Å². The summed E-state index contributed by atoms with van der Waals surface area (Å²) in [5.41, 5.74) is 3.02. The molecule has 1 aromatic rings. The van der Waals surface area contributed by atoms with Crippen LogP contribution in [-0.4, -0.2) is 62.2 Å². The van der Waals surface area contributed by atoms with E-state index in [1.807, 2.05) is 6.07 Å². The van der Waals surface area contributed by atoms with Crippen molar-refractivity contribution in [3.63, 3.8) is 0 Å². The van der Waals surface area contributed by atoms with Gasteiger partial charge in [0.25, 0.3) is 5.91 Å². The number of nitrogens with one attached hydrogen (secondary N) is 4. The van der Waals surface area contributed by atoms with E-state index in [4.69, 9.17) is 0 Å². The molecule has 1 amide bonds. The molecule has 1 aliphatic heterocycles. The third-order valence-corrected chi connectivity index (χ3v) is 7.13. The number of amides is 1.